The highest BCUT2D eigenvalue weighted by Gasteiger charge is 2.12. The fourth-order valence-corrected chi connectivity index (χ4v) is 3.31. The highest BCUT2D eigenvalue weighted by molar-refractivity contribution is 6.36. The van der Waals surface area contributed by atoms with Gasteiger partial charge >= 0.3 is 0 Å². The van der Waals surface area contributed by atoms with Gasteiger partial charge in [-0.1, -0.05) is 71.7 Å². The number of aromatic amines is 1. The third-order valence-electron chi connectivity index (χ3n) is 4.22. The normalized spacial score (nSPS) is 11.2. The van der Waals surface area contributed by atoms with E-state index in [1.54, 1.807) is 24.3 Å². The molecule has 1 aromatic heterocycles. The Labute approximate surface area is 171 Å². The molecular weight excluding hydrogens is 395 g/mol. The lowest BCUT2D eigenvalue weighted by Crippen LogP contribution is -2.18. The minimum Gasteiger partial charge on any atom is -0.272 e. The molecule has 138 valence electrons. The molecule has 0 aliphatic carbocycles. The summed E-state index contributed by atoms with van der Waals surface area (Å²) in [5, 5.41) is 14.1. The monoisotopic (exact) mass is 408 g/mol. The van der Waals surface area contributed by atoms with Gasteiger partial charge in [0.05, 0.1) is 16.9 Å². The number of hydrogen-bond donors (Lipinski definition) is 2. The average molecular weight is 409 g/mol. The molecule has 1 heterocycles. The van der Waals surface area contributed by atoms with E-state index in [0.717, 1.165) is 16.3 Å². The minimum atomic E-state index is -0.402. The van der Waals surface area contributed by atoms with Crippen LogP contribution in [0.4, 0.5) is 0 Å². The van der Waals surface area contributed by atoms with Gasteiger partial charge in [0.25, 0.3) is 5.91 Å². The smallest absolute Gasteiger partial charge is 0.272 e. The first kappa shape index (κ1) is 18.2. The standard InChI is InChI=1S/C21H14Cl2N4O/c22-15-9-8-14(18(23)10-15)12-24-27-21(28)20-11-19(25-26-20)17-7-3-5-13-4-1-2-6-16(13)17/h1-12H,(H,25,26)(H,27,28). The van der Waals surface area contributed by atoms with E-state index in [1.165, 1.54) is 6.21 Å². The summed E-state index contributed by atoms with van der Waals surface area (Å²) in [6, 6.07) is 20.7. The Morgan fingerprint density at radius 2 is 1.86 bits per heavy atom. The van der Waals surface area contributed by atoms with Gasteiger partial charge < -0.3 is 0 Å². The number of amides is 1. The van der Waals surface area contributed by atoms with E-state index in [4.69, 9.17) is 23.2 Å². The summed E-state index contributed by atoms with van der Waals surface area (Å²) in [6.07, 6.45) is 1.46. The van der Waals surface area contributed by atoms with Crippen molar-refractivity contribution in [3.63, 3.8) is 0 Å². The molecule has 7 heteroatoms. The van der Waals surface area contributed by atoms with Crippen molar-refractivity contribution in [2.75, 3.05) is 0 Å². The van der Waals surface area contributed by atoms with Gasteiger partial charge in [-0.3, -0.25) is 9.89 Å². The first-order chi connectivity index (χ1) is 13.6. The maximum absolute atomic E-state index is 12.3. The van der Waals surface area contributed by atoms with Crippen LogP contribution in [0.2, 0.25) is 10.0 Å². The molecule has 2 N–H and O–H groups in total. The molecule has 0 saturated carbocycles. The van der Waals surface area contributed by atoms with E-state index in [2.05, 4.69) is 20.7 Å². The molecule has 0 saturated heterocycles. The van der Waals surface area contributed by atoms with E-state index < -0.39 is 5.91 Å². The molecule has 5 nitrogen and oxygen atoms in total. The second-order valence-electron chi connectivity index (χ2n) is 6.06. The van der Waals surface area contributed by atoms with Crippen LogP contribution in [0, 0.1) is 0 Å². The van der Waals surface area contributed by atoms with Crippen molar-refractivity contribution in [1.82, 2.24) is 15.6 Å². The Morgan fingerprint density at radius 3 is 2.71 bits per heavy atom. The van der Waals surface area contributed by atoms with Crippen molar-refractivity contribution in [1.29, 1.82) is 0 Å². The fourth-order valence-electron chi connectivity index (χ4n) is 2.85. The lowest BCUT2D eigenvalue weighted by molar-refractivity contribution is 0.0950. The first-order valence-corrected chi connectivity index (χ1v) is 9.19. The van der Waals surface area contributed by atoms with Crippen molar-refractivity contribution >= 4 is 46.1 Å². The molecule has 0 bridgehead atoms. The van der Waals surface area contributed by atoms with Gasteiger partial charge in [0.15, 0.2) is 0 Å². The predicted molar refractivity (Wildman–Crippen MR) is 113 cm³/mol. The second kappa shape index (κ2) is 7.84. The number of hydrogen-bond acceptors (Lipinski definition) is 3. The Bertz CT molecular complexity index is 1190. The van der Waals surface area contributed by atoms with Gasteiger partial charge in [-0.2, -0.15) is 10.2 Å². The van der Waals surface area contributed by atoms with Crippen LogP contribution in [0.3, 0.4) is 0 Å². The van der Waals surface area contributed by atoms with E-state index in [9.17, 15) is 4.79 Å². The predicted octanol–water partition coefficient (Wildman–Crippen LogP) is 5.30. The number of nitrogens with zero attached hydrogens (tertiary/aromatic N) is 2. The molecule has 1 amide bonds. The summed E-state index contributed by atoms with van der Waals surface area (Å²) in [4.78, 5) is 12.3. The lowest BCUT2D eigenvalue weighted by atomic mass is 10.0. The molecule has 4 rings (SSSR count). The maximum atomic E-state index is 12.3. The Kier molecular flexibility index (Phi) is 5.10. The molecule has 0 spiro atoms. The zero-order chi connectivity index (χ0) is 19.5. The van der Waals surface area contributed by atoms with Crippen LogP contribution in [-0.2, 0) is 0 Å². The number of aromatic nitrogens is 2. The summed E-state index contributed by atoms with van der Waals surface area (Å²) in [5.74, 6) is -0.402. The van der Waals surface area contributed by atoms with Gasteiger partial charge in [0.1, 0.15) is 5.69 Å². The Hall–Kier alpha value is -3.15. The van der Waals surface area contributed by atoms with Crippen molar-refractivity contribution in [3.8, 4) is 11.3 Å². The largest absolute Gasteiger partial charge is 0.289 e. The summed E-state index contributed by atoms with van der Waals surface area (Å²) in [7, 11) is 0. The van der Waals surface area contributed by atoms with E-state index in [-0.39, 0.29) is 0 Å². The molecule has 0 aliphatic rings. The molecule has 0 atom stereocenters. The van der Waals surface area contributed by atoms with Crippen LogP contribution in [0.5, 0.6) is 0 Å². The van der Waals surface area contributed by atoms with Crippen LogP contribution < -0.4 is 5.43 Å². The van der Waals surface area contributed by atoms with Crippen LogP contribution in [0.1, 0.15) is 16.1 Å². The van der Waals surface area contributed by atoms with E-state index >= 15 is 0 Å². The summed E-state index contributed by atoms with van der Waals surface area (Å²) in [5.41, 5.74) is 5.05. The number of carbonyl (C=O) groups is 1. The Morgan fingerprint density at radius 1 is 1.04 bits per heavy atom. The zero-order valence-corrected chi connectivity index (χ0v) is 16.0. The lowest BCUT2D eigenvalue weighted by Gasteiger charge is -2.02. The molecule has 4 aromatic rings. The van der Waals surface area contributed by atoms with Gasteiger partial charge in [-0.15, -0.1) is 0 Å². The van der Waals surface area contributed by atoms with Crippen molar-refractivity contribution in [2.24, 2.45) is 5.10 Å². The number of carbonyl (C=O) groups excluding carboxylic acids is 1. The number of benzene rings is 3. The summed E-state index contributed by atoms with van der Waals surface area (Å²) >= 11 is 11.9. The minimum absolute atomic E-state index is 0.308. The van der Waals surface area contributed by atoms with E-state index in [0.29, 0.717) is 27.0 Å². The number of halogens is 2. The molecule has 3 aromatic carbocycles. The van der Waals surface area contributed by atoms with Crippen molar-refractivity contribution < 1.29 is 4.79 Å². The van der Waals surface area contributed by atoms with Crippen LogP contribution in [0.25, 0.3) is 22.0 Å². The number of rotatable bonds is 4. The molecule has 0 fully saturated rings. The molecular formula is C21H14Cl2N4O. The highest BCUT2D eigenvalue weighted by Crippen LogP contribution is 2.27. The fraction of sp³-hybridized carbons (Fsp3) is 0. The zero-order valence-electron chi connectivity index (χ0n) is 14.5. The summed E-state index contributed by atoms with van der Waals surface area (Å²) in [6.45, 7) is 0. The van der Waals surface area contributed by atoms with E-state index in [1.807, 2.05) is 42.5 Å². The van der Waals surface area contributed by atoms with Crippen LogP contribution in [-0.4, -0.2) is 22.3 Å². The van der Waals surface area contributed by atoms with Gasteiger partial charge in [-0.05, 0) is 29.0 Å². The SMILES string of the molecule is O=C(NN=Cc1ccc(Cl)cc1Cl)c1cc(-c2cccc3ccccc23)n[nH]1. The molecule has 0 unspecified atom stereocenters. The van der Waals surface area contributed by atoms with Gasteiger partial charge in [0.2, 0.25) is 0 Å². The molecule has 0 radical (unpaired) electrons. The topological polar surface area (TPSA) is 70.1 Å². The first-order valence-electron chi connectivity index (χ1n) is 8.44. The van der Waals surface area contributed by atoms with Crippen molar-refractivity contribution in [2.45, 2.75) is 0 Å². The van der Waals surface area contributed by atoms with Crippen LogP contribution >= 0.6 is 23.2 Å². The quantitative estimate of drug-likeness (QED) is 0.355. The number of hydrazone groups is 1. The van der Waals surface area contributed by atoms with Gasteiger partial charge in [-0.25, -0.2) is 5.43 Å². The summed E-state index contributed by atoms with van der Waals surface area (Å²) < 4.78 is 0. The third kappa shape index (κ3) is 3.76. The second-order valence-corrected chi connectivity index (χ2v) is 6.90. The van der Waals surface area contributed by atoms with Crippen LogP contribution in [0.15, 0.2) is 71.8 Å². The average Bonchev–Trinajstić information content (AvgIpc) is 3.19. The Balaban J connectivity index is 1.52. The highest BCUT2D eigenvalue weighted by atomic mass is 35.5. The molecule has 28 heavy (non-hydrogen) atoms. The maximum Gasteiger partial charge on any atom is 0.289 e. The molecule has 0 aliphatic heterocycles. The number of nitrogens with one attached hydrogen (secondary N) is 2. The van der Waals surface area contributed by atoms with Crippen molar-refractivity contribution in [3.05, 3.63) is 88.0 Å². The number of fused-ring (bicyclic) bond motifs is 1. The third-order valence-corrected chi connectivity index (χ3v) is 4.78. The van der Waals surface area contributed by atoms with Gasteiger partial charge in [0, 0.05) is 16.1 Å². The number of H-pyrrole nitrogens is 1.